The minimum Gasteiger partial charge on any atom is -0.477 e. The normalized spacial score (nSPS) is 13.4. The summed E-state index contributed by atoms with van der Waals surface area (Å²) >= 11 is 0. The first-order valence-electron chi connectivity index (χ1n) is 6.07. The van der Waals surface area contributed by atoms with Crippen LogP contribution in [0.3, 0.4) is 0 Å². The summed E-state index contributed by atoms with van der Waals surface area (Å²) in [6, 6.07) is 2.91. The fourth-order valence-corrected chi connectivity index (χ4v) is 2.71. The number of nitro benzene ring substituents is 1. The number of benzene rings is 1. The largest absolute Gasteiger partial charge is 0.477 e. The fourth-order valence-electron chi connectivity index (χ4n) is 2.71. The Morgan fingerprint density at radius 2 is 2.15 bits per heavy atom. The molecular weight excluding hydrogens is 264 g/mol. The van der Waals surface area contributed by atoms with Gasteiger partial charge >= 0.3 is 5.97 Å². The quantitative estimate of drug-likeness (QED) is 0.661. The summed E-state index contributed by atoms with van der Waals surface area (Å²) < 4.78 is 1.63. The highest BCUT2D eigenvalue weighted by atomic mass is 16.6. The van der Waals surface area contributed by atoms with E-state index in [9.17, 15) is 19.7 Å². The molecule has 0 fully saturated rings. The number of carboxylic acids is 1. The molecule has 20 heavy (non-hydrogen) atoms. The van der Waals surface area contributed by atoms with Crippen LogP contribution < -0.4 is 5.43 Å². The van der Waals surface area contributed by atoms with Crippen molar-refractivity contribution in [1.29, 1.82) is 0 Å². The van der Waals surface area contributed by atoms with Gasteiger partial charge in [-0.05, 0) is 18.4 Å². The highest BCUT2D eigenvalue weighted by Crippen LogP contribution is 2.30. The molecule has 0 aliphatic carbocycles. The van der Waals surface area contributed by atoms with E-state index in [4.69, 9.17) is 5.11 Å². The number of pyridine rings is 1. The number of carbonyl (C=O) groups is 1. The topological polar surface area (TPSA) is 102 Å². The SMILES string of the molecule is O=C(O)c1cn2c3c(ccc([N+](=O)[O-])c3c1=O)CCC2. The van der Waals surface area contributed by atoms with Gasteiger partial charge in [0.25, 0.3) is 5.69 Å². The monoisotopic (exact) mass is 274 g/mol. The number of hydrogen-bond acceptors (Lipinski definition) is 4. The molecular formula is C13H10N2O5. The summed E-state index contributed by atoms with van der Waals surface area (Å²) in [6.07, 6.45) is 2.81. The van der Waals surface area contributed by atoms with Gasteiger partial charge in [-0.1, -0.05) is 6.07 Å². The number of nitrogens with zero attached hydrogens (tertiary/aromatic N) is 2. The Morgan fingerprint density at radius 1 is 1.40 bits per heavy atom. The van der Waals surface area contributed by atoms with Crippen LogP contribution in [0, 0.1) is 10.1 Å². The maximum atomic E-state index is 12.2. The van der Waals surface area contributed by atoms with Crippen LogP contribution in [0.15, 0.2) is 23.1 Å². The molecule has 0 unspecified atom stereocenters. The number of aromatic carboxylic acids is 1. The van der Waals surface area contributed by atoms with Gasteiger partial charge in [0.05, 0.1) is 10.4 Å². The van der Waals surface area contributed by atoms with Crippen LogP contribution in [0.5, 0.6) is 0 Å². The van der Waals surface area contributed by atoms with Crippen molar-refractivity contribution in [3.05, 3.63) is 49.8 Å². The lowest BCUT2D eigenvalue weighted by Gasteiger charge is -2.20. The molecule has 1 aromatic carbocycles. The maximum Gasteiger partial charge on any atom is 0.341 e. The van der Waals surface area contributed by atoms with E-state index < -0.39 is 21.9 Å². The Labute approximate surface area is 112 Å². The maximum absolute atomic E-state index is 12.2. The standard InChI is InChI=1S/C13H10N2O5/c16-12-8(13(17)18)6-14-5-1-2-7-3-4-9(15(19)20)10(12)11(7)14/h3-4,6H,1-2,5H2,(H,17,18). The van der Waals surface area contributed by atoms with Gasteiger partial charge < -0.3 is 9.67 Å². The van der Waals surface area contributed by atoms with Crippen LogP contribution in [-0.2, 0) is 13.0 Å². The molecule has 3 rings (SSSR count). The molecule has 1 aromatic heterocycles. The van der Waals surface area contributed by atoms with Crippen molar-refractivity contribution >= 4 is 22.6 Å². The van der Waals surface area contributed by atoms with Crippen LogP contribution in [0.2, 0.25) is 0 Å². The number of hydrogen-bond donors (Lipinski definition) is 1. The molecule has 0 saturated heterocycles. The molecule has 0 saturated carbocycles. The van der Waals surface area contributed by atoms with E-state index in [1.165, 1.54) is 12.3 Å². The van der Waals surface area contributed by atoms with Gasteiger partial charge in [-0.2, -0.15) is 0 Å². The third kappa shape index (κ3) is 1.59. The summed E-state index contributed by atoms with van der Waals surface area (Å²) in [7, 11) is 0. The van der Waals surface area contributed by atoms with Crippen LogP contribution >= 0.6 is 0 Å². The highest BCUT2D eigenvalue weighted by Gasteiger charge is 2.25. The molecule has 1 N–H and O–H groups in total. The lowest BCUT2D eigenvalue weighted by Crippen LogP contribution is -2.22. The molecule has 0 radical (unpaired) electrons. The first-order chi connectivity index (χ1) is 9.50. The zero-order valence-electron chi connectivity index (χ0n) is 10.3. The Bertz CT molecular complexity index is 822. The number of aryl methyl sites for hydroxylation is 2. The van der Waals surface area contributed by atoms with E-state index in [2.05, 4.69) is 0 Å². The number of rotatable bonds is 2. The summed E-state index contributed by atoms with van der Waals surface area (Å²) in [5.74, 6) is -1.37. The van der Waals surface area contributed by atoms with Crippen molar-refractivity contribution < 1.29 is 14.8 Å². The zero-order chi connectivity index (χ0) is 14.4. The zero-order valence-corrected chi connectivity index (χ0v) is 10.3. The van der Waals surface area contributed by atoms with Crippen molar-refractivity contribution in [1.82, 2.24) is 4.57 Å². The third-order valence-electron chi connectivity index (χ3n) is 3.56. The van der Waals surface area contributed by atoms with E-state index in [0.717, 1.165) is 18.4 Å². The second-order valence-corrected chi connectivity index (χ2v) is 4.70. The molecule has 0 amide bonds. The van der Waals surface area contributed by atoms with Gasteiger partial charge in [0, 0.05) is 18.8 Å². The van der Waals surface area contributed by atoms with E-state index in [-0.39, 0.29) is 11.1 Å². The molecule has 7 heteroatoms. The van der Waals surface area contributed by atoms with Crippen LogP contribution in [0.25, 0.3) is 10.9 Å². The smallest absolute Gasteiger partial charge is 0.341 e. The molecule has 0 atom stereocenters. The summed E-state index contributed by atoms with van der Waals surface area (Å²) in [5.41, 5.74) is -0.238. The molecule has 1 aliphatic heterocycles. The highest BCUT2D eigenvalue weighted by molar-refractivity contribution is 5.97. The van der Waals surface area contributed by atoms with Gasteiger partial charge in [0.2, 0.25) is 5.43 Å². The van der Waals surface area contributed by atoms with Crippen molar-refractivity contribution in [3.8, 4) is 0 Å². The average Bonchev–Trinajstić information content (AvgIpc) is 2.41. The van der Waals surface area contributed by atoms with Crippen LogP contribution in [-0.4, -0.2) is 20.6 Å². The van der Waals surface area contributed by atoms with E-state index in [1.807, 2.05) is 0 Å². The first kappa shape index (κ1) is 12.3. The second kappa shape index (κ2) is 4.16. The number of nitro groups is 1. The summed E-state index contributed by atoms with van der Waals surface area (Å²) in [6.45, 7) is 0.547. The first-order valence-corrected chi connectivity index (χ1v) is 6.07. The lowest BCUT2D eigenvalue weighted by atomic mass is 9.98. The Balaban J connectivity index is 2.57. The van der Waals surface area contributed by atoms with Crippen molar-refractivity contribution in [2.24, 2.45) is 0 Å². The number of aromatic nitrogens is 1. The average molecular weight is 274 g/mol. The van der Waals surface area contributed by atoms with Gasteiger partial charge in [-0.25, -0.2) is 4.79 Å². The van der Waals surface area contributed by atoms with E-state index in [1.54, 1.807) is 10.6 Å². The molecule has 7 nitrogen and oxygen atoms in total. The Morgan fingerprint density at radius 3 is 2.80 bits per heavy atom. The predicted molar refractivity (Wildman–Crippen MR) is 70.1 cm³/mol. The van der Waals surface area contributed by atoms with Gasteiger partial charge in [-0.15, -0.1) is 0 Å². The molecule has 2 heterocycles. The van der Waals surface area contributed by atoms with Crippen LogP contribution in [0.1, 0.15) is 22.3 Å². The second-order valence-electron chi connectivity index (χ2n) is 4.70. The van der Waals surface area contributed by atoms with Crippen molar-refractivity contribution in [3.63, 3.8) is 0 Å². The summed E-state index contributed by atoms with van der Waals surface area (Å²) in [5, 5.41) is 20.1. The minimum atomic E-state index is -1.37. The number of carboxylic acid groups (broad SMARTS) is 1. The number of non-ortho nitro benzene ring substituents is 1. The Hall–Kier alpha value is -2.70. The molecule has 102 valence electrons. The lowest BCUT2D eigenvalue weighted by molar-refractivity contribution is -0.383. The Kier molecular flexibility index (Phi) is 2.56. The molecule has 1 aliphatic rings. The fraction of sp³-hybridized carbons (Fsp3) is 0.231. The third-order valence-corrected chi connectivity index (χ3v) is 3.56. The minimum absolute atomic E-state index is 0.105. The van der Waals surface area contributed by atoms with E-state index >= 15 is 0 Å². The van der Waals surface area contributed by atoms with Gasteiger partial charge in [0.15, 0.2) is 0 Å². The molecule has 0 spiro atoms. The van der Waals surface area contributed by atoms with Gasteiger partial charge in [0.1, 0.15) is 10.9 Å². The van der Waals surface area contributed by atoms with E-state index in [0.29, 0.717) is 12.1 Å². The predicted octanol–water partition coefficient (Wildman–Crippen LogP) is 1.55. The van der Waals surface area contributed by atoms with Crippen molar-refractivity contribution in [2.45, 2.75) is 19.4 Å². The molecule has 0 bridgehead atoms. The molecule has 2 aromatic rings. The van der Waals surface area contributed by atoms with Crippen molar-refractivity contribution in [2.75, 3.05) is 0 Å². The summed E-state index contributed by atoms with van der Waals surface area (Å²) in [4.78, 5) is 33.8. The van der Waals surface area contributed by atoms with Gasteiger partial charge in [-0.3, -0.25) is 14.9 Å². The van der Waals surface area contributed by atoms with Crippen LogP contribution in [0.4, 0.5) is 5.69 Å².